The van der Waals surface area contributed by atoms with Crippen LogP contribution in [0, 0.1) is 0 Å². The first kappa shape index (κ1) is 14.4. The highest BCUT2D eigenvalue weighted by Gasteiger charge is 2.17. The highest BCUT2D eigenvalue weighted by atomic mass is 32.1. The van der Waals surface area contributed by atoms with Gasteiger partial charge in [-0.3, -0.25) is 9.88 Å². The maximum atomic E-state index is 4.38. The Morgan fingerprint density at radius 3 is 2.71 bits per heavy atom. The van der Waals surface area contributed by atoms with Gasteiger partial charge < -0.3 is 10.2 Å². The van der Waals surface area contributed by atoms with Crippen molar-refractivity contribution >= 4 is 16.5 Å². The van der Waals surface area contributed by atoms with Crippen molar-refractivity contribution < 1.29 is 0 Å². The van der Waals surface area contributed by atoms with E-state index in [0.29, 0.717) is 0 Å². The Labute approximate surface area is 129 Å². The molecule has 5 nitrogen and oxygen atoms in total. The van der Waals surface area contributed by atoms with Gasteiger partial charge in [0.1, 0.15) is 0 Å². The molecule has 2 aromatic heterocycles. The zero-order chi connectivity index (χ0) is 14.3. The van der Waals surface area contributed by atoms with E-state index in [0.717, 1.165) is 56.6 Å². The molecule has 0 bridgehead atoms. The first-order valence-corrected chi connectivity index (χ1v) is 8.27. The average Bonchev–Trinajstić information content (AvgIpc) is 3.08. The summed E-state index contributed by atoms with van der Waals surface area (Å²) in [5.41, 5.74) is 1.10. The summed E-state index contributed by atoms with van der Waals surface area (Å²) in [6.07, 6.45) is 3.72. The summed E-state index contributed by atoms with van der Waals surface area (Å²) in [5.74, 6) is 0. The number of anilines is 1. The van der Waals surface area contributed by atoms with Crippen LogP contribution in [0.3, 0.4) is 0 Å². The quantitative estimate of drug-likeness (QED) is 0.818. The van der Waals surface area contributed by atoms with E-state index in [9.17, 15) is 0 Å². The zero-order valence-corrected chi connectivity index (χ0v) is 12.9. The monoisotopic (exact) mass is 303 g/mol. The molecule has 3 rings (SSSR count). The van der Waals surface area contributed by atoms with Gasteiger partial charge in [0.05, 0.1) is 5.69 Å². The molecule has 0 saturated carbocycles. The molecule has 112 valence electrons. The second kappa shape index (κ2) is 7.49. The van der Waals surface area contributed by atoms with Crippen LogP contribution in [0.15, 0.2) is 36.0 Å². The van der Waals surface area contributed by atoms with Crippen LogP contribution < -0.4 is 10.2 Å². The highest BCUT2D eigenvalue weighted by molar-refractivity contribution is 7.13. The van der Waals surface area contributed by atoms with Crippen LogP contribution in [0.2, 0.25) is 0 Å². The standard InChI is InChI=1S/C15H21N5S/c1-2-4-17-14(3-1)13-16-5-7-19-8-10-20(11-9-19)15-18-6-12-21-15/h1-4,6,12,16H,5,7-11,13H2. The smallest absolute Gasteiger partial charge is 0.185 e. The van der Waals surface area contributed by atoms with E-state index < -0.39 is 0 Å². The number of pyridine rings is 1. The largest absolute Gasteiger partial charge is 0.346 e. The minimum absolute atomic E-state index is 0.847. The van der Waals surface area contributed by atoms with Gasteiger partial charge in [0.25, 0.3) is 0 Å². The Kier molecular flexibility index (Phi) is 5.15. The maximum Gasteiger partial charge on any atom is 0.185 e. The van der Waals surface area contributed by atoms with Crippen LogP contribution in [0.5, 0.6) is 0 Å². The second-order valence-corrected chi connectivity index (χ2v) is 6.01. The fourth-order valence-electron chi connectivity index (χ4n) is 2.49. The van der Waals surface area contributed by atoms with E-state index in [1.165, 1.54) is 0 Å². The molecular formula is C15H21N5S. The lowest BCUT2D eigenvalue weighted by atomic mass is 10.3. The fraction of sp³-hybridized carbons (Fsp3) is 0.467. The number of hydrogen-bond donors (Lipinski definition) is 1. The van der Waals surface area contributed by atoms with Crippen LogP contribution in [0.25, 0.3) is 0 Å². The third kappa shape index (κ3) is 4.23. The lowest BCUT2D eigenvalue weighted by molar-refractivity contribution is 0.257. The van der Waals surface area contributed by atoms with Gasteiger partial charge in [-0.2, -0.15) is 0 Å². The molecule has 1 aliphatic heterocycles. The number of nitrogens with one attached hydrogen (secondary N) is 1. The van der Waals surface area contributed by atoms with E-state index in [4.69, 9.17) is 0 Å². The van der Waals surface area contributed by atoms with Gasteiger partial charge in [0.2, 0.25) is 0 Å². The third-order valence-electron chi connectivity index (χ3n) is 3.70. The first-order valence-electron chi connectivity index (χ1n) is 7.39. The van der Waals surface area contributed by atoms with Crippen LogP contribution >= 0.6 is 11.3 Å². The molecule has 6 heteroatoms. The van der Waals surface area contributed by atoms with E-state index >= 15 is 0 Å². The van der Waals surface area contributed by atoms with Crippen LogP contribution in [0.1, 0.15) is 5.69 Å². The molecule has 0 atom stereocenters. The molecule has 0 aliphatic carbocycles. The summed E-state index contributed by atoms with van der Waals surface area (Å²) >= 11 is 1.73. The Morgan fingerprint density at radius 2 is 2.00 bits per heavy atom. The van der Waals surface area contributed by atoms with Crippen LogP contribution in [0.4, 0.5) is 5.13 Å². The molecule has 1 aliphatic rings. The maximum absolute atomic E-state index is 4.38. The Bertz CT molecular complexity index is 508. The molecule has 0 spiro atoms. The van der Waals surface area contributed by atoms with Gasteiger partial charge in [-0.05, 0) is 12.1 Å². The Morgan fingerprint density at radius 1 is 1.10 bits per heavy atom. The third-order valence-corrected chi connectivity index (χ3v) is 4.53. The van der Waals surface area contributed by atoms with Crippen molar-refractivity contribution in [3.05, 3.63) is 41.7 Å². The summed E-state index contributed by atoms with van der Waals surface area (Å²) < 4.78 is 0. The first-order chi connectivity index (χ1) is 10.4. The van der Waals surface area contributed by atoms with Gasteiger partial charge in [-0.25, -0.2) is 4.98 Å². The zero-order valence-electron chi connectivity index (χ0n) is 12.1. The molecule has 21 heavy (non-hydrogen) atoms. The van der Waals surface area contributed by atoms with E-state index in [1.807, 2.05) is 29.9 Å². The minimum Gasteiger partial charge on any atom is -0.346 e. The molecule has 0 aromatic carbocycles. The highest BCUT2D eigenvalue weighted by Crippen LogP contribution is 2.18. The van der Waals surface area contributed by atoms with Crippen molar-refractivity contribution in [3.8, 4) is 0 Å². The number of thiazole rings is 1. The molecule has 0 radical (unpaired) electrons. The lowest BCUT2D eigenvalue weighted by Gasteiger charge is -2.34. The summed E-state index contributed by atoms with van der Waals surface area (Å²) in [6, 6.07) is 6.03. The van der Waals surface area contributed by atoms with E-state index in [-0.39, 0.29) is 0 Å². The van der Waals surface area contributed by atoms with Gasteiger partial charge in [0, 0.05) is 63.6 Å². The predicted octanol–water partition coefficient (Wildman–Crippen LogP) is 1.45. The van der Waals surface area contributed by atoms with Crippen molar-refractivity contribution in [1.82, 2.24) is 20.2 Å². The molecule has 3 heterocycles. The lowest BCUT2D eigenvalue weighted by Crippen LogP contribution is -2.48. The summed E-state index contributed by atoms with van der Waals surface area (Å²) in [5, 5.41) is 6.66. The number of rotatable bonds is 6. The number of aromatic nitrogens is 2. The molecule has 1 fully saturated rings. The van der Waals surface area contributed by atoms with Crippen molar-refractivity contribution in [1.29, 1.82) is 0 Å². The number of hydrogen-bond acceptors (Lipinski definition) is 6. The topological polar surface area (TPSA) is 44.3 Å². The van der Waals surface area contributed by atoms with Gasteiger partial charge in [-0.1, -0.05) is 6.07 Å². The van der Waals surface area contributed by atoms with Crippen molar-refractivity contribution in [2.24, 2.45) is 0 Å². The second-order valence-electron chi connectivity index (χ2n) is 5.14. The summed E-state index contributed by atoms with van der Waals surface area (Å²) in [4.78, 5) is 13.6. The van der Waals surface area contributed by atoms with Crippen LogP contribution in [-0.4, -0.2) is 54.1 Å². The summed E-state index contributed by atoms with van der Waals surface area (Å²) in [7, 11) is 0. The van der Waals surface area contributed by atoms with Crippen LogP contribution in [-0.2, 0) is 6.54 Å². The van der Waals surface area contributed by atoms with Gasteiger partial charge >= 0.3 is 0 Å². The van der Waals surface area contributed by atoms with E-state index in [1.54, 1.807) is 11.3 Å². The molecule has 0 unspecified atom stereocenters. The van der Waals surface area contributed by atoms with Crippen molar-refractivity contribution in [2.75, 3.05) is 44.2 Å². The normalized spacial score (nSPS) is 16.3. The van der Waals surface area contributed by atoms with Gasteiger partial charge in [-0.15, -0.1) is 11.3 Å². The predicted molar refractivity (Wildman–Crippen MR) is 86.7 cm³/mol. The molecule has 1 N–H and O–H groups in total. The summed E-state index contributed by atoms with van der Waals surface area (Å²) in [6.45, 7) is 7.34. The van der Waals surface area contributed by atoms with E-state index in [2.05, 4.69) is 31.2 Å². The number of piperazine rings is 1. The SMILES string of the molecule is c1ccc(CNCCN2CCN(c3nccs3)CC2)nc1. The molecule has 2 aromatic rings. The number of nitrogens with zero attached hydrogens (tertiary/aromatic N) is 4. The molecular weight excluding hydrogens is 282 g/mol. The van der Waals surface area contributed by atoms with Crippen molar-refractivity contribution in [3.63, 3.8) is 0 Å². The molecule has 0 amide bonds. The Balaban J connectivity index is 1.33. The minimum atomic E-state index is 0.847. The van der Waals surface area contributed by atoms with Crippen molar-refractivity contribution in [2.45, 2.75) is 6.54 Å². The fourth-order valence-corrected chi connectivity index (χ4v) is 3.19. The molecule has 1 saturated heterocycles. The van der Waals surface area contributed by atoms with Gasteiger partial charge in [0.15, 0.2) is 5.13 Å². The Hall–Kier alpha value is -1.50. The average molecular weight is 303 g/mol.